The van der Waals surface area contributed by atoms with Crippen molar-refractivity contribution in [3.05, 3.63) is 30.1 Å². The third-order valence-corrected chi connectivity index (χ3v) is 3.56. The molecule has 0 amide bonds. The first kappa shape index (κ1) is 12.2. The minimum absolute atomic E-state index is 0.208. The van der Waals surface area contributed by atoms with Crippen molar-refractivity contribution in [1.82, 2.24) is 9.55 Å². The van der Waals surface area contributed by atoms with E-state index in [1.807, 2.05) is 10.6 Å². The Morgan fingerprint density at radius 2 is 2.37 bits per heavy atom. The number of nitrogens with zero attached hydrogens (tertiary/aromatic N) is 2. The number of aromatic nitrogens is 2. The van der Waals surface area contributed by atoms with Crippen molar-refractivity contribution in [1.29, 1.82) is 0 Å². The van der Waals surface area contributed by atoms with E-state index in [-0.39, 0.29) is 11.7 Å². The van der Waals surface area contributed by atoms with Crippen molar-refractivity contribution in [2.24, 2.45) is 0 Å². The van der Waals surface area contributed by atoms with E-state index in [2.05, 4.69) is 4.98 Å². The molecule has 5 heteroatoms. The Kier molecular flexibility index (Phi) is 3.21. The van der Waals surface area contributed by atoms with Crippen LogP contribution in [0.1, 0.15) is 29.6 Å². The fourth-order valence-corrected chi connectivity index (χ4v) is 2.58. The minimum Gasteiger partial charge on any atom is -0.478 e. The van der Waals surface area contributed by atoms with E-state index >= 15 is 0 Å². The molecule has 0 spiro atoms. The molecule has 1 aliphatic heterocycles. The normalized spacial score (nSPS) is 19.7. The molecule has 5 nitrogen and oxygen atoms in total. The average Bonchev–Trinajstić information content (AvgIpc) is 2.83. The topological polar surface area (TPSA) is 64.3 Å². The van der Waals surface area contributed by atoms with E-state index in [4.69, 9.17) is 9.84 Å². The molecule has 2 aromatic rings. The molecular weight excluding hydrogens is 244 g/mol. The molecule has 2 heterocycles. The lowest BCUT2D eigenvalue weighted by Gasteiger charge is -2.23. The zero-order chi connectivity index (χ0) is 13.2. The maximum atomic E-state index is 11.1. The summed E-state index contributed by atoms with van der Waals surface area (Å²) < 4.78 is 7.70. The second-order valence-electron chi connectivity index (χ2n) is 4.86. The van der Waals surface area contributed by atoms with Crippen LogP contribution in [-0.4, -0.2) is 33.3 Å². The molecule has 1 aliphatic rings. The highest BCUT2D eigenvalue weighted by atomic mass is 16.5. The van der Waals surface area contributed by atoms with Crippen LogP contribution in [0.4, 0.5) is 0 Å². The molecular formula is C14H16N2O3. The number of fused-ring (bicyclic) bond motifs is 1. The second-order valence-corrected chi connectivity index (χ2v) is 4.86. The maximum absolute atomic E-state index is 11.1. The van der Waals surface area contributed by atoms with Gasteiger partial charge in [0.15, 0.2) is 0 Å². The summed E-state index contributed by atoms with van der Waals surface area (Å²) in [4.78, 5) is 15.4. The van der Waals surface area contributed by atoms with Crippen LogP contribution < -0.4 is 0 Å². The van der Waals surface area contributed by atoms with E-state index in [0.717, 1.165) is 31.5 Å². The van der Waals surface area contributed by atoms with E-state index in [1.165, 1.54) is 6.42 Å². The summed E-state index contributed by atoms with van der Waals surface area (Å²) in [6.45, 7) is 1.55. The van der Waals surface area contributed by atoms with Gasteiger partial charge in [-0.25, -0.2) is 9.78 Å². The van der Waals surface area contributed by atoms with Gasteiger partial charge in [0.05, 0.1) is 30.1 Å². The van der Waals surface area contributed by atoms with Crippen molar-refractivity contribution in [3.63, 3.8) is 0 Å². The van der Waals surface area contributed by atoms with Gasteiger partial charge in [-0.15, -0.1) is 0 Å². The van der Waals surface area contributed by atoms with Crippen molar-refractivity contribution < 1.29 is 14.6 Å². The van der Waals surface area contributed by atoms with Crippen LogP contribution in [0.5, 0.6) is 0 Å². The van der Waals surface area contributed by atoms with Gasteiger partial charge in [0.25, 0.3) is 0 Å². The standard InChI is InChI=1S/C14H16N2O3/c17-14(18)11-5-3-6-12-13(11)15-9-16(12)8-10-4-1-2-7-19-10/h3,5-6,9-10H,1-2,4,7-8H2,(H,17,18). The van der Waals surface area contributed by atoms with Crippen LogP contribution in [-0.2, 0) is 11.3 Å². The number of aromatic carboxylic acids is 1. The van der Waals surface area contributed by atoms with Crippen LogP contribution in [0, 0.1) is 0 Å². The Hall–Kier alpha value is -1.88. The number of hydrogen-bond donors (Lipinski definition) is 1. The predicted molar refractivity (Wildman–Crippen MR) is 70.3 cm³/mol. The van der Waals surface area contributed by atoms with Gasteiger partial charge in [0, 0.05) is 6.61 Å². The highest BCUT2D eigenvalue weighted by Crippen LogP contribution is 2.20. The van der Waals surface area contributed by atoms with Crippen LogP contribution in [0.3, 0.4) is 0 Å². The number of ether oxygens (including phenoxy) is 1. The smallest absolute Gasteiger partial charge is 0.337 e. The quantitative estimate of drug-likeness (QED) is 0.919. The van der Waals surface area contributed by atoms with Gasteiger partial charge in [0.2, 0.25) is 0 Å². The van der Waals surface area contributed by atoms with Crippen LogP contribution in [0.25, 0.3) is 11.0 Å². The second kappa shape index (κ2) is 5.01. The summed E-state index contributed by atoms with van der Waals surface area (Å²) in [5.41, 5.74) is 1.65. The van der Waals surface area contributed by atoms with Crippen LogP contribution in [0.15, 0.2) is 24.5 Å². The third-order valence-electron chi connectivity index (χ3n) is 3.56. The summed E-state index contributed by atoms with van der Waals surface area (Å²) >= 11 is 0. The van der Waals surface area contributed by atoms with Crippen molar-refractivity contribution >= 4 is 17.0 Å². The number of para-hydroxylation sites is 1. The van der Waals surface area contributed by atoms with Crippen molar-refractivity contribution in [3.8, 4) is 0 Å². The van der Waals surface area contributed by atoms with E-state index in [9.17, 15) is 4.79 Å². The predicted octanol–water partition coefficient (Wildman–Crippen LogP) is 2.30. The highest BCUT2D eigenvalue weighted by Gasteiger charge is 2.17. The molecule has 0 radical (unpaired) electrons. The molecule has 1 unspecified atom stereocenters. The van der Waals surface area contributed by atoms with E-state index in [0.29, 0.717) is 5.52 Å². The minimum atomic E-state index is -0.940. The fourth-order valence-electron chi connectivity index (χ4n) is 2.58. The summed E-state index contributed by atoms with van der Waals surface area (Å²) in [6, 6.07) is 5.24. The maximum Gasteiger partial charge on any atom is 0.337 e. The summed E-state index contributed by atoms with van der Waals surface area (Å²) in [5, 5.41) is 9.14. The first-order valence-corrected chi connectivity index (χ1v) is 6.54. The molecule has 1 fully saturated rings. The lowest BCUT2D eigenvalue weighted by molar-refractivity contribution is 0.00661. The molecule has 100 valence electrons. The molecule has 3 rings (SSSR count). The Bertz CT molecular complexity index is 600. The van der Waals surface area contributed by atoms with Gasteiger partial charge in [-0.1, -0.05) is 6.07 Å². The highest BCUT2D eigenvalue weighted by molar-refractivity contribution is 6.00. The molecule has 0 saturated carbocycles. The summed E-state index contributed by atoms with van der Waals surface area (Å²) in [7, 11) is 0. The average molecular weight is 260 g/mol. The van der Waals surface area contributed by atoms with Gasteiger partial charge < -0.3 is 14.4 Å². The Morgan fingerprint density at radius 3 is 3.11 bits per heavy atom. The Labute approximate surface area is 110 Å². The molecule has 19 heavy (non-hydrogen) atoms. The van der Waals surface area contributed by atoms with E-state index in [1.54, 1.807) is 18.5 Å². The lowest BCUT2D eigenvalue weighted by Crippen LogP contribution is -2.24. The zero-order valence-corrected chi connectivity index (χ0v) is 10.6. The molecule has 0 aliphatic carbocycles. The molecule has 1 atom stereocenters. The lowest BCUT2D eigenvalue weighted by atomic mass is 10.1. The fraction of sp³-hybridized carbons (Fsp3) is 0.429. The largest absolute Gasteiger partial charge is 0.478 e. The van der Waals surface area contributed by atoms with Gasteiger partial charge in [0.1, 0.15) is 5.52 Å². The Morgan fingerprint density at radius 1 is 1.47 bits per heavy atom. The van der Waals surface area contributed by atoms with Gasteiger partial charge in [-0.3, -0.25) is 0 Å². The number of imidazole rings is 1. The van der Waals surface area contributed by atoms with Crippen LogP contribution >= 0.6 is 0 Å². The zero-order valence-electron chi connectivity index (χ0n) is 10.6. The Balaban J connectivity index is 1.92. The SMILES string of the molecule is O=C(O)c1cccc2c1ncn2CC1CCCCO1. The van der Waals surface area contributed by atoms with Gasteiger partial charge in [-0.2, -0.15) is 0 Å². The first-order valence-electron chi connectivity index (χ1n) is 6.54. The molecule has 1 saturated heterocycles. The molecule has 0 bridgehead atoms. The number of hydrogen-bond acceptors (Lipinski definition) is 3. The molecule has 1 aromatic heterocycles. The van der Waals surface area contributed by atoms with Crippen molar-refractivity contribution in [2.45, 2.75) is 31.9 Å². The molecule has 1 N–H and O–H groups in total. The van der Waals surface area contributed by atoms with Gasteiger partial charge >= 0.3 is 5.97 Å². The van der Waals surface area contributed by atoms with Gasteiger partial charge in [-0.05, 0) is 31.4 Å². The number of carbonyl (C=O) groups is 1. The summed E-state index contributed by atoms with van der Waals surface area (Å²) in [6.07, 6.45) is 5.29. The third kappa shape index (κ3) is 2.33. The summed E-state index contributed by atoms with van der Waals surface area (Å²) in [5.74, 6) is -0.940. The monoisotopic (exact) mass is 260 g/mol. The van der Waals surface area contributed by atoms with E-state index < -0.39 is 5.97 Å². The molecule has 1 aromatic carbocycles. The van der Waals surface area contributed by atoms with Crippen molar-refractivity contribution in [2.75, 3.05) is 6.61 Å². The number of carboxylic acid groups (broad SMARTS) is 1. The number of rotatable bonds is 3. The number of carboxylic acids is 1. The van der Waals surface area contributed by atoms with Crippen LogP contribution in [0.2, 0.25) is 0 Å². The number of benzene rings is 1. The first-order chi connectivity index (χ1) is 9.25.